The minimum absolute atomic E-state index is 0.150. The Labute approximate surface area is 410 Å². The quantitative estimate of drug-likeness (QED) is 0.0922. The summed E-state index contributed by atoms with van der Waals surface area (Å²) in [7, 11) is 0. The van der Waals surface area contributed by atoms with E-state index in [1.165, 1.54) is 0 Å². The summed E-state index contributed by atoms with van der Waals surface area (Å²) >= 11 is 25.3. The third-order valence-electron chi connectivity index (χ3n) is 9.58. The Morgan fingerprint density at radius 3 is 0.688 bits per heavy atom. The van der Waals surface area contributed by atoms with Crippen molar-refractivity contribution >= 4 is 170 Å². The SMILES string of the molecule is Fc1c(F)c(F)c(-c2c3nc(c(-c4c(F)c(F)c(F)c(F)c4F)c4[nH]c(c(Br)c4Br)c4[nH]c(c(Br)c4Br)c(-c4c(F)c(F)c(F)c(F)c4F)c4[nH]c2c(Br)c4Br)C(Br)=C3Br)c(F)c1F. The van der Waals surface area contributed by atoms with Gasteiger partial charge in [0.15, 0.2) is 69.8 Å². The maximum atomic E-state index is 16.1. The molecule has 1 aliphatic rings. The fraction of sp³-hybridized carbons (Fsp3) is 0. The Bertz CT molecular complexity index is 3420. The predicted molar refractivity (Wildman–Crippen MR) is 233 cm³/mol. The number of aromatic nitrogens is 4. The Morgan fingerprint density at radius 1 is 0.234 bits per heavy atom. The number of rotatable bonds is 3. The molecule has 1 aliphatic heterocycles. The second kappa shape index (κ2) is 16.7. The molecular formula is C37H3Br8F15N4. The van der Waals surface area contributed by atoms with Crippen molar-refractivity contribution in [3.63, 3.8) is 0 Å². The Balaban J connectivity index is 1.82. The van der Waals surface area contributed by atoms with Crippen LogP contribution in [0.15, 0.2) is 26.8 Å². The molecule has 3 N–H and O–H groups in total. The molecule has 4 aromatic heterocycles. The minimum Gasteiger partial charge on any atom is -0.352 e. The molecule has 0 atom stereocenters. The van der Waals surface area contributed by atoms with Crippen molar-refractivity contribution in [3.8, 4) is 33.4 Å². The molecule has 8 rings (SSSR count). The highest BCUT2D eigenvalue weighted by atomic mass is 79.9. The number of halogens is 23. The lowest BCUT2D eigenvalue weighted by Gasteiger charge is -2.11. The summed E-state index contributed by atoms with van der Waals surface area (Å²) in [5.41, 5.74) is -13.4. The van der Waals surface area contributed by atoms with Crippen LogP contribution in [0.1, 0.15) is 11.4 Å². The zero-order valence-corrected chi connectivity index (χ0v) is 41.8. The topological polar surface area (TPSA) is 60.3 Å². The van der Waals surface area contributed by atoms with E-state index in [0.717, 1.165) is 0 Å². The van der Waals surface area contributed by atoms with Crippen LogP contribution in [0.5, 0.6) is 0 Å². The normalized spacial score (nSPS) is 12.5. The van der Waals surface area contributed by atoms with E-state index in [-0.39, 0.29) is 28.9 Å². The Hall–Kier alpha value is -2.82. The molecule has 27 heteroatoms. The Kier molecular flexibility index (Phi) is 12.5. The van der Waals surface area contributed by atoms with E-state index < -0.39 is 172 Å². The fourth-order valence-corrected chi connectivity index (χ4v) is 10.6. The molecule has 332 valence electrons. The zero-order valence-electron chi connectivity index (χ0n) is 29.1. The van der Waals surface area contributed by atoms with E-state index in [1.54, 1.807) is 0 Å². The van der Waals surface area contributed by atoms with Crippen LogP contribution in [0.25, 0.3) is 75.4 Å². The van der Waals surface area contributed by atoms with Crippen molar-refractivity contribution in [2.24, 2.45) is 0 Å². The monoisotopic (exact) mass is 1420 g/mol. The van der Waals surface area contributed by atoms with E-state index in [0.29, 0.717) is 0 Å². The molecule has 0 fully saturated rings. The molecule has 0 radical (unpaired) electrons. The summed E-state index contributed by atoms with van der Waals surface area (Å²) in [6.07, 6.45) is 0. The molecule has 8 bridgehead atoms. The van der Waals surface area contributed by atoms with Gasteiger partial charge in [-0.05, 0) is 127 Å². The molecule has 0 saturated carbocycles. The van der Waals surface area contributed by atoms with Gasteiger partial charge in [0.25, 0.3) is 0 Å². The first kappa shape index (κ1) is 47.7. The van der Waals surface area contributed by atoms with Crippen molar-refractivity contribution in [2.75, 3.05) is 0 Å². The highest BCUT2D eigenvalue weighted by molar-refractivity contribution is 9.18. The second-order valence-corrected chi connectivity index (χ2v) is 19.2. The third kappa shape index (κ3) is 6.68. The van der Waals surface area contributed by atoms with Gasteiger partial charge in [0.1, 0.15) is 0 Å². The highest BCUT2D eigenvalue weighted by Gasteiger charge is 2.37. The molecule has 0 spiro atoms. The van der Waals surface area contributed by atoms with Gasteiger partial charge < -0.3 is 15.0 Å². The first-order valence-corrected chi connectivity index (χ1v) is 22.6. The number of aromatic amines is 3. The molecule has 0 aliphatic carbocycles. The average molecular weight is 1430 g/mol. The van der Waals surface area contributed by atoms with Crippen molar-refractivity contribution < 1.29 is 65.9 Å². The zero-order chi connectivity index (χ0) is 47.2. The van der Waals surface area contributed by atoms with Gasteiger partial charge in [-0.15, -0.1) is 0 Å². The van der Waals surface area contributed by atoms with Crippen LogP contribution in [0.3, 0.4) is 0 Å². The van der Waals surface area contributed by atoms with Crippen molar-refractivity contribution in [1.29, 1.82) is 0 Å². The maximum absolute atomic E-state index is 16.1. The number of fused-ring (bicyclic) bond motifs is 9. The number of hydrogen-bond donors (Lipinski definition) is 3. The van der Waals surface area contributed by atoms with E-state index in [9.17, 15) is 13.2 Å². The van der Waals surface area contributed by atoms with E-state index >= 15 is 52.7 Å². The number of hydrogen-bond acceptors (Lipinski definition) is 1. The number of H-pyrrole nitrogens is 3. The van der Waals surface area contributed by atoms with Crippen molar-refractivity contribution in [3.05, 3.63) is 125 Å². The van der Waals surface area contributed by atoms with Gasteiger partial charge in [0, 0.05) is 16.7 Å². The van der Waals surface area contributed by atoms with Gasteiger partial charge in [-0.2, -0.15) is 0 Å². The third-order valence-corrected chi connectivity index (χ3v) is 18.0. The molecule has 64 heavy (non-hydrogen) atoms. The van der Waals surface area contributed by atoms with Crippen LogP contribution in [-0.2, 0) is 0 Å². The van der Waals surface area contributed by atoms with Gasteiger partial charge in [-0.1, -0.05) is 0 Å². The molecule has 3 aromatic carbocycles. The van der Waals surface area contributed by atoms with Crippen LogP contribution in [0.2, 0.25) is 0 Å². The van der Waals surface area contributed by atoms with Gasteiger partial charge in [-0.25, -0.2) is 70.8 Å². The van der Waals surface area contributed by atoms with Crippen molar-refractivity contribution in [1.82, 2.24) is 19.9 Å². The lowest BCUT2D eigenvalue weighted by molar-refractivity contribution is 0.381. The van der Waals surface area contributed by atoms with Gasteiger partial charge in [0.2, 0.25) is 17.5 Å². The van der Waals surface area contributed by atoms with E-state index in [2.05, 4.69) is 147 Å². The van der Waals surface area contributed by atoms with Gasteiger partial charge in [0.05, 0.1) is 97.0 Å². The lowest BCUT2D eigenvalue weighted by atomic mass is 10.0. The standard InChI is InChI=1S/C37H3Br8F15N4/c38-7-9(40)32-5(2-17(48)23(54)28(59)24(55)18(2)49)34-11(42)13(44)36(63-34)37-14(45)12(43)35(64-37)6(3-19(50)25(56)29(60)26(57)20(3)51)33-10(41)8(39)31(62-33)4(30(7)61-32)1-15(46)21(52)27(58)22(53)16(1)47/h61,63-64H. The first-order chi connectivity index (χ1) is 29.9. The molecule has 0 amide bonds. The molecule has 7 aromatic rings. The molecule has 0 saturated heterocycles. The van der Waals surface area contributed by atoms with Gasteiger partial charge >= 0.3 is 0 Å². The summed E-state index contributed by atoms with van der Waals surface area (Å²) in [5, 5.41) is 0. The summed E-state index contributed by atoms with van der Waals surface area (Å²) in [5.74, 6) is -37.6. The van der Waals surface area contributed by atoms with Crippen LogP contribution in [-0.4, -0.2) is 19.9 Å². The van der Waals surface area contributed by atoms with Crippen molar-refractivity contribution in [2.45, 2.75) is 0 Å². The highest BCUT2D eigenvalue weighted by Crippen LogP contribution is 2.53. The number of nitrogens with one attached hydrogen (secondary N) is 3. The van der Waals surface area contributed by atoms with Crippen LogP contribution in [0.4, 0.5) is 65.9 Å². The summed E-state index contributed by atoms with van der Waals surface area (Å²) in [6.45, 7) is 0. The molecule has 0 unspecified atom stereocenters. The van der Waals surface area contributed by atoms with Crippen LogP contribution < -0.4 is 0 Å². The maximum Gasteiger partial charge on any atom is 0.200 e. The minimum atomic E-state index is -2.65. The predicted octanol–water partition coefficient (Wildman–Crippen LogP) is 17.8. The Morgan fingerprint density at radius 2 is 0.422 bits per heavy atom. The summed E-state index contributed by atoms with van der Waals surface area (Å²) in [4.78, 5) is 12.2. The first-order valence-electron chi connectivity index (χ1n) is 16.3. The fourth-order valence-electron chi connectivity index (χ4n) is 6.72. The molecule has 5 heterocycles. The van der Waals surface area contributed by atoms with Crippen LogP contribution >= 0.6 is 127 Å². The average Bonchev–Trinajstić information content (AvgIpc) is 3.93. The number of nitrogens with zero attached hydrogens (tertiary/aromatic N) is 1. The number of benzene rings is 3. The largest absolute Gasteiger partial charge is 0.352 e. The lowest BCUT2D eigenvalue weighted by Crippen LogP contribution is -2.06. The van der Waals surface area contributed by atoms with Gasteiger partial charge in [-0.3, -0.25) is 0 Å². The smallest absolute Gasteiger partial charge is 0.200 e. The van der Waals surface area contributed by atoms with Crippen LogP contribution in [0, 0.1) is 87.3 Å². The summed E-state index contributed by atoms with van der Waals surface area (Å²) in [6, 6.07) is 0. The van der Waals surface area contributed by atoms with E-state index in [1.807, 2.05) is 0 Å². The van der Waals surface area contributed by atoms with E-state index in [4.69, 9.17) is 0 Å². The molecule has 4 nitrogen and oxygen atoms in total. The summed E-state index contributed by atoms with van der Waals surface area (Å²) < 4.78 is 228. The second-order valence-electron chi connectivity index (χ2n) is 12.9. The molecular weight excluding hydrogens is 1420 g/mol.